The zero-order valence-corrected chi connectivity index (χ0v) is 18.9. The first kappa shape index (κ1) is 24.4. The Hall–Kier alpha value is -2.84. The fourth-order valence-electron chi connectivity index (χ4n) is 2.80. The maximum atomic E-state index is 12.0. The number of rotatable bonds is 12. The number of carbonyl (C=O) groups is 1. The molecule has 0 saturated carbocycles. The summed E-state index contributed by atoms with van der Waals surface area (Å²) in [7, 11) is -3.52. The van der Waals surface area contributed by atoms with Crippen LogP contribution in [0.2, 0.25) is 0 Å². The first-order chi connectivity index (χ1) is 14.8. The third kappa shape index (κ3) is 9.23. The summed E-state index contributed by atoms with van der Waals surface area (Å²) in [5, 5.41) is 3.29. The van der Waals surface area contributed by atoms with Crippen molar-refractivity contribution in [2.75, 3.05) is 31.3 Å². The summed E-state index contributed by atoms with van der Waals surface area (Å²) in [5.74, 6) is -0.0556. The van der Waals surface area contributed by atoms with E-state index in [2.05, 4.69) is 5.32 Å². The number of hydrogen-bond acceptors (Lipinski definition) is 7. The van der Waals surface area contributed by atoms with Crippen LogP contribution in [-0.4, -0.2) is 46.5 Å². The predicted molar refractivity (Wildman–Crippen MR) is 122 cm³/mol. The van der Waals surface area contributed by atoms with Gasteiger partial charge >= 0.3 is 16.1 Å². The molecular formula is C23H29NO6S. The Labute approximate surface area is 184 Å². The lowest BCUT2D eigenvalue weighted by Crippen LogP contribution is -2.28. The first-order valence-corrected chi connectivity index (χ1v) is 11.9. The van der Waals surface area contributed by atoms with Crippen molar-refractivity contribution in [2.45, 2.75) is 26.4 Å². The van der Waals surface area contributed by atoms with Gasteiger partial charge in [0.1, 0.15) is 5.75 Å². The number of anilines is 1. The van der Waals surface area contributed by atoms with E-state index < -0.39 is 16.2 Å². The molecule has 0 fully saturated rings. The van der Waals surface area contributed by atoms with Gasteiger partial charge in [-0.25, -0.2) is 4.79 Å². The topological polar surface area (TPSA) is 90.9 Å². The average Bonchev–Trinajstić information content (AvgIpc) is 2.72. The van der Waals surface area contributed by atoms with Crippen molar-refractivity contribution < 1.29 is 26.9 Å². The van der Waals surface area contributed by atoms with E-state index in [1.54, 1.807) is 31.2 Å². The molecule has 31 heavy (non-hydrogen) atoms. The van der Waals surface area contributed by atoms with Crippen molar-refractivity contribution in [1.29, 1.82) is 0 Å². The monoisotopic (exact) mass is 447 g/mol. The van der Waals surface area contributed by atoms with Gasteiger partial charge in [0.15, 0.2) is 6.10 Å². The first-order valence-electron chi connectivity index (χ1n) is 10.1. The smallest absolute Gasteiger partial charge is 0.335 e. The lowest BCUT2D eigenvalue weighted by Gasteiger charge is -2.15. The fourth-order valence-corrected chi connectivity index (χ4v) is 3.26. The average molecular weight is 448 g/mol. The van der Waals surface area contributed by atoms with Gasteiger partial charge in [-0.3, -0.25) is 0 Å². The van der Waals surface area contributed by atoms with Crippen LogP contribution in [0.3, 0.4) is 0 Å². The van der Waals surface area contributed by atoms with Crippen LogP contribution in [0.1, 0.15) is 25.0 Å². The van der Waals surface area contributed by atoms with E-state index in [9.17, 15) is 13.2 Å². The molecule has 0 aliphatic heterocycles. The van der Waals surface area contributed by atoms with Crippen LogP contribution in [0.25, 0.3) is 6.08 Å². The molecule has 0 spiro atoms. The summed E-state index contributed by atoms with van der Waals surface area (Å²) < 4.78 is 37.6. The minimum Gasteiger partial charge on any atom is -0.464 e. The highest BCUT2D eigenvalue weighted by Gasteiger charge is 2.20. The van der Waals surface area contributed by atoms with Crippen molar-refractivity contribution >= 4 is 27.9 Å². The molecule has 0 amide bonds. The lowest BCUT2D eigenvalue weighted by atomic mass is 10.1. The molecule has 8 heteroatoms. The summed E-state index contributed by atoms with van der Waals surface area (Å²) in [5.41, 5.74) is 2.87. The molecule has 0 aromatic heterocycles. The van der Waals surface area contributed by atoms with Crippen molar-refractivity contribution in [3.05, 3.63) is 65.7 Å². The van der Waals surface area contributed by atoms with Crippen LogP contribution < -0.4 is 9.50 Å². The maximum Gasteiger partial charge on any atom is 0.335 e. The molecule has 2 aromatic carbocycles. The minimum absolute atomic E-state index is 0.285. The van der Waals surface area contributed by atoms with E-state index in [1.807, 2.05) is 43.3 Å². The third-order valence-electron chi connectivity index (χ3n) is 4.15. The second-order valence-corrected chi connectivity index (χ2v) is 8.31. The Kier molecular flexibility index (Phi) is 9.55. The van der Waals surface area contributed by atoms with Gasteiger partial charge in [0.05, 0.1) is 12.9 Å². The summed E-state index contributed by atoms with van der Waals surface area (Å²) in [6.07, 6.45) is 4.77. The zero-order valence-electron chi connectivity index (χ0n) is 18.0. The van der Waals surface area contributed by atoms with Gasteiger partial charge in [0.25, 0.3) is 0 Å². The van der Waals surface area contributed by atoms with Gasteiger partial charge in [-0.15, -0.1) is 0 Å². The molecule has 0 unspecified atom stereocenters. The van der Waals surface area contributed by atoms with Crippen molar-refractivity contribution in [2.24, 2.45) is 0 Å². The highest BCUT2D eigenvalue weighted by atomic mass is 32.2. The molecule has 2 aromatic rings. The van der Waals surface area contributed by atoms with Gasteiger partial charge in [0, 0.05) is 25.3 Å². The van der Waals surface area contributed by atoms with Crippen molar-refractivity contribution in [1.82, 2.24) is 0 Å². The predicted octanol–water partition coefficient (Wildman–Crippen LogP) is 3.66. The van der Waals surface area contributed by atoms with E-state index >= 15 is 0 Å². The van der Waals surface area contributed by atoms with Gasteiger partial charge in [-0.2, -0.15) is 8.42 Å². The summed E-state index contributed by atoms with van der Waals surface area (Å²) in [4.78, 5) is 12.0. The van der Waals surface area contributed by atoms with Crippen molar-refractivity contribution in [3.63, 3.8) is 0 Å². The van der Waals surface area contributed by atoms with Crippen molar-refractivity contribution in [3.8, 4) is 5.75 Å². The Balaban J connectivity index is 1.84. The molecule has 0 aliphatic carbocycles. The molecule has 0 aliphatic rings. The summed E-state index contributed by atoms with van der Waals surface area (Å²) >= 11 is 0. The fraction of sp³-hybridized carbons (Fsp3) is 0.348. The molecule has 0 saturated heterocycles. The van der Waals surface area contributed by atoms with Gasteiger partial charge in [0.2, 0.25) is 0 Å². The highest BCUT2D eigenvalue weighted by molar-refractivity contribution is 7.86. The number of esters is 1. The third-order valence-corrected chi connectivity index (χ3v) is 4.65. The molecule has 168 valence electrons. The van der Waals surface area contributed by atoms with Crippen LogP contribution in [0.15, 0.2) is 54.6 Å². The minimum atomic E-state index is -3.52. The van der Waals surface area contributed by atoms with Gasteiger partial charge in [-0.05, 0) is 49.2 Å². The largest absolute Gasteiger partial charge is 0.464 e. The summed E-state index contributed by atoms with van der Waals surface area (Å²) in [6.45, 7) is 5.02. The molecule has 2 rings (SSSR count). The van der Waals surface area contributed by atoms with E-state index in [-0.39, 0.29) is 11.7 Å². The number of nitrogens with one attached hydrogen (secondary N) is 1. The SMILES string of the molecule is CCOC(=O)[C@H](Cc1ccc(NCC=Cc2ccc(OS(C)(=O)=O)cc2)cc1)OCC. The number of ether oxygens (including phenoxy) is 2. The van der Waals surface area contributed by atoms with Crippen LogP contribution >= 0.6 is 0 Å². The van der Waals surface area contributed by atoms with Crippen LogP contribution in [0.4, 0.5) is 5.69 Å². The molecule has 1 atom stereocenters. The molecule has 0 bridgehead atoms. The van der Waals surface area contributed by atoms with E-state index in [4.69, 9.17) is 13.7 Å². The number of carbonyl (C=O) groups excluding carboxylic acids is 1. The molecule has 0 radical (unpaired) electrons. The Morgan fingerprint density at radius 3 is 2.29 bits per heavy atom. The molecule has 7 nitrogen and oxygen atoms in total. The number of hydrogen-bond donors (Lipinski definition) is 1. The van der Waals surface area contributed by atoms with E-state index in [0.717, 1.165) is 23.1 Å². The van der Waals surface area contributed by atoms with Gasteiger partial charge < -0.3 is 19.0 Å². The molecule has 1 N–H and O–H groups in total. The lowest BCUT2D eigenvalue weighted by molar-refractivity contribution is -0.156. The van der Waals surface area contributed by atoms with E-state index in [1.165, 1.54) is 0 Å². The standard InChI is InChI=1S/C23H29NO6S/c1-4-28-22(23(25)29-5-2)17-19-8-12-20(13-9-19)24-16-6-7-18-10-14-21(15-11-18)30-31(3,26)27/h6-15,22,24H,4-5,16-17H2,1-3H3/t22-/m0/s1. The van der Waals surface area contributed by atoms with E-state index in [0.29, 0.717) is 26.2 Å². The van der Waals surface area contributed by atoms with Crippen LogP contribution in [0.5, 0.6) is 5.75 Å². The Morgan fingerprint density at radius 1 is 1.03 bits per heavy atom. The molecule has 0 heterocycles. The number of benzene rings is 2. The van der Waals surface area contributed by atoms with Gasteiger partial charge in [-0.1, -0.05) is 36.4 Å². The molecular weight excluding hydrogens is 418 g/mol. The van der Waals surface area contributed by atoms with Crippen LogP contribution in [-0.2, 0) is 30.8 Å². The maximum absolute atomic E-state index is 12.0. The Morgan fingerprint density at radius 2 is 1.71 bits per heavy atom. The zero-order chi connectivity index (χ0) is 22.7. The normalized spacial score (nSPS) is 12.5. The summed E-state index contributed by atoms with van der Waals surface area (Å²) in [6, 6.07) is 14.6. The van der Waals surface area contributed by atoms with Crippen LogP contribution in [0, 0.1) is 0 Å². The quantitative estimate of drug-likeness (QED) is 0.392. The second kappa shape index (κ2) is 12.1. The highest BCUT2D eigenvalue weighted by Crippen LogP contribution is 2.16. The second-order valence-electron chi connectivity index (χ2n) is 6.74. The Bertz CT molecular complexity index is 953.